The van der Waals surface area contributed by atoms with Gasteiger partial charge < -0.3 is 27.7 Å². The minimum atomic E-state index is -2.70. The van der Waals surface area contributed by atoms with Crippen LogP contribution in [0.2, 0.25) is 0 Å². The highest BCUT2D eigenvalue weighted by Gasteiger charge is 2.52. The molecule has 3 aromatic heterocycles. The number of halogens is 1. The molecule has 20 rings (SSSR count). The number of para-hydroxylation sites is 5. The van der Waals surface area contributed by atoms with E-state index in [0.29, 0.717) is 0 Å². The average Bonchev–Trinajstić information content (AvgIpc) is 1.49. The van der Waals surface area contributed by atoms with Gasteiger partial charge >= 0.3 is 7.12 Å². The molecular weight excluding hydrogens is 1460 g/mol. The molecule has 0 bridgehead atoms. The second-order valence-electron chi connectivity index (χ2n) is 28.8. The standard InChI is InChI=1S/C54H36N2OSi.C42H38BNO2Si.CH3I.CH4/c1-4-16-39(17-5-1)58(40-18-6-2-7-19-40,41-20-8-3-9-21-41)42-34-35-48-46(36-42)44-22-10-11-25-47(44)55(48)38-32-30-37(31-33-38)43-23-14-27-50-53(43)45-24-15-29-52-54(45)56(50)49-26-12-13-28-51(49)57-52;1-41(2)42(3,4)46-43(45-41)31-24-26-32(27-25-31)44-39-23-15-14-22-37(39)38-30-36(28-29-40(38)44)47(33-16-8-5-9-17-33,34-18-10-6-11-19-34)35-20-12-7-13-21-35;1-2;/h1-36H;5-30H,1-4H3;1H3;1H4. The minimum Gasteiger partial charge on any atom is -0.453 e. The Morgan fingerprint density at radius 2 is 0.648 bits per heavy atom. The molecule has 0 N–H and O–H groups in total. The van der Waals surface area contributed by atoms with Crippen LogP contribution in [0.15, 0.2) is 376 Å². The highest BCUT2D eigenvalue weighted by molar-refractivity contribution is 14.1. The molecule has 6 nitrogen and oxygen atoms in total. The molecule has 0 aliphatic carbocycles. The predicted molar refractivity (Wildman–Crippen MR) is 471 cm³/mol. The van der Waals surface area contributed by atoms with E-state index in [1.54, 1.807) is 0 Å². The van der Waals surface area contributed by atoms with Gasteiger partial charge in [-0.25, -0.2) is 0 Å². The zero-order chi connectivity index (χ0) is 72.4. The van der Waals surface area contributed by atoms with Gasteiger partial charge in [0, 0.05) is 43.7 Å². The van der Waals surface area contributed by atoms with Gasteiger partial charge in [0.05, 0.1) is 50.0 Å². The zero-order valence-corrected chi connectivity index (χ0v) is 64.5. The molecule has 2 aliphatic heterocycles. The lowest BCUT2D eigenvalue weighted by Gasteiger charge is -2.34. The highest BCUT2D eigenvalue weighted by Crippen LogP contribution is 2.48. The summed E-state index contributed by atoms with van der Waals surface area (Å²) < 4.78 is 26.3. The molecular formula is C98H81BIN3O3Si2. The molecule has 0 spiro atoms. The molecule has 2 aliphatic rings. The van der Waals surface area contributed by atoms with Gasteiger partial charge in [-0.15, -0.1) is 0 Å². The van der Waals surface area contributed by atoms with Gasteiger partial charge in [-0.1, -0.05) is 333 Å². The van der Waals surface area contributed by atoms with Crippen molar-refractivity contribution in [2.75, 3.05) is 4.93 Å². The zero-order valence-electron chi connectivity index (χ0n) is 60.3. The van der Waals surface area contributed by atoms with E-state index in [1.807, 2.05) is 11.0 Å². The van der Waals surface area contributed by atoms with Crippen molar-refractivity contribution in [2.45, 2.75) is 46.3 Å². The minimum absolute atomic E-state index is 0. The van der Waals surface area contributed by atoms with Crippen molar-refractivity contribution in [3.8, 4) is 39.7 Å². The third-order valence-corrected chi connectivity index (χ3v) is 32.2. The summed E-state index contributed by atoms with van der Waals surface area (Å²) in [5.74, 6) is 1.76. The molecule has 5 heterocycles. The van der Waals surface area contributed by atoms with Crippen molar-refractivity contribution in [2.24, 2.45) is 0 Å². The fourth-order valence-corrected chi connectivity index (χ4v) is 26.7. The van der Waals surface area contributed by atoms with Crippen LogP contribution in [0.4, 0.5) is 0 Å². The fraction of sp³-hybridized carbons (Fsp3) is 0.0816. The first-order valence-electron chi connectivity index (χ1n) is 36.8. The Morgan fingerprint density at radius 3 is 1.09 bits per heavy atom. The Morgan fingerprint density at radius 1 is 0.296 bits per heavy atom. The number of hydrogen-bond acceptors (Lipinski definition) is 3. The van der Waals surface area contributed by atoms with E-state index < -0.39 is 16.1 Å². The monoisotopic (exact) mass is 1540 g/mol. The number of nitrogens with zero attached hydrogens (tertiary/aromatic N) is 3. The van der Waals surface area contributed by atoms with Crippen LogP contribution in [0.3, 0.4) is 0 Å². The van der Waals surface area contributed by atoms with Crippen molar-refractivity contribution in [3.63, 3.8) is 0 Å². The van der Waals surface area contributed by atoms with Crippen LogP contribution in [0, 0.1) is 0 Å². The Hall–Kier alpha value is -11.4. The predicted octanol–water partition coefficient (Wildman–Crippen LogP) is 19.2. The Labute approximate surface area is 648 Å². The first-order valence-corrected chi connectivity index (χ1v) is 42.9. The van der Waals surface area contributed by atoms with Crippen LogP contribution in [0.25, 0.3) is 93.6 Å². The lowest BCUT2D eigenvalue weighted by molar-refractivity contribution is 0.00578. The van der Waals surface area contributed by atoms with Crippen LogP contribution in [-0.4, -0.2) is 53.1 Å². The quantitative estimate of drug-likeness (QED) is 0.0530. The topological polar surface area (TPSA) is 42.5 Å². The normalized spacial score (nSPS) is 13.5. The summed E-state index contributed by atoms with van der Waals surface area (Å²) in [6, 6.07) is 138. The lowest BCUT2D eigenvalue weighted by Crippen LogP contribution is -2.74. The molecule has 15 aromatic carbocycles. The van der Waals surface area contributed by atoms with Crippen molar-refractivity contribution in [3.05, 3.63) is 376 Å². The van der Waals surface area contributed by atoms with Gasteiger partial charge in [0.15, 0.2) is 27.6 Å². The van der Waals surface area contributed by atoms with E-state index in [4.69, 9.17) is 14.0 Å². The molecule has 0 amide bonds. The van der Waals surface area contributed by atoms with Crippen molar-refractivity contribution >= 4 is 158 Å². The smallest absolute Gasteiger partial charge is 0.453 e. The number of ether oxygens (including phenoxy) is 1. The van der Waals surface area contributed by atoms with Crippen LogP contribution < -0.4 is 51.7 Å². The number of hydrogen-bond donors (Lipinski definition) is 0. The first kappa shape index (κ1) is 69.7. The van der Waals surface area contributed by atoms with Crippen LogP contribution in [0.1, 0.15) is 35.1 Å². The summed E-state index contributed by atoms with van der Waals surface area (Å²) in [6.07, 6.45) is 0. The number of aromatic nitrogens is 3. The molecule has 18 aromatic rings. The van der Waals surface area contributed by atoms with Crippen molar-refractivity contribution < 1.29 is 14.0 Å². The number of alkyl halides is 1. The maximum Gasteiger partial charge on any atom is 0.494 e. The van der Waals surface area contributed by atoms with Crippen LogP contribution >= 0.6 is 22.6 Å². The number of rotatable bonds is 12. The summed E-state index contributed by atoms with van der Waals surface area (Å²) >= 11 is 2.15. The summed E-state index contributed by atoms with van der Waals surface area (Å²) in [4.78, 5) is 1.97. The largest absolute Gasteiger partial charge is 0.494 e. The van der Waals surface area contributed by atoms with E-state index in [9.17, 15) is 0 Å². The van der Waals surface area contributed by atoms with E-state index >= 15 is 0 Å². The summed E-state index contributed by atoms with van der Waals surface area (Å²) in [5, 5.41) is 18.4. The van der Waals surface area contributed by atoms with E-state index in [2.05, 4.69) is 434 Å². The molecule has 108 heavy (non-hydrogen) atoms. The summed E-state index contributed by atoms with van der Waals surface area (Å²) in [5.41, 5.74) is 13.1. The third-order valence-electron chi connectivity index (χ3n) is 22.7. The number of benzene rings is 15. The van der Waals surface area contributed by atoms with Gasteiger partial charge in [0.25, 0.3) is 0 Å². The molecule has 10 heteroatoms. The Balaban J connectivity index is 0.000000157. The van der Waals surface area contributed by atoms with Gasteiger partial charge in [-0.2, -0.15) is 0 Å². The third kappa shape index (κ3) is 11.3. The molecule has 0 unspecified atom stereocenters. The molecule has 1 fully saturated rings. The molecule has 1 saturated heterocycles. The number of fused-ring (bicyclic) bond motifs is 11. The summed E-state index contributed by atoms with van der Waals surface area (Å²) in [6.45, 7) is 8.38. The van der Waals surface area contributed by atoms with E-state index in [-0.39, 0.29) is 25.7 Å². The van der Waals surface area contributed by atoms with Gasteiger partial charge in [0.1, 0.15) is 0 Å². The summed E-state index contributed by atoms with van der Waals surface area (Å²) in [7, 11) is -5.75. The van der Waals surface area contributed by atoms with Crippen molar-refractivity contribution in [1.82, 2.24) is 13.7 Å². The maximum absolute atomic E-state index is 6.42. The van der Waals surface area contributed by atoms with Crippen molar-refractivity contribution in [1.29, 1.82) is 0 Å². The molecule has 524 valence electrons. The van der Waals surface area contributed by atoms with E-state index in [1.165, 1.54) is 113 Å². The first-order chi connectivity index (χ1) is 52.6. The average molecular weight is 1540 g/mol. The SMILES string of the molecule is C.CC1(C)OB(c2ccc(-n3c4ccccc4c4cc([Si](c5ccccc5)(c5ccccc5)c5ccccc5)ccc43)cc2)OC1(C)C.CI.c1ccc([Si](c2ccccc2)(c2ccccc2)c2ccc3c(c2)c2ccccc2n3-c2ccc(-c3cccc4c3c3cccc5c3n4-c3ccccc3O5)cc2)cc1. The van der Waals surface area contributed by atoms with Crippen LogP contribution in [-0.2, 0) is 9.31 Å². The lowest BCUT2D eigenvalue weighted by atomic mass is 9.79. The molecule has 0 atom stereocenters. The molecule has 0 radical (unpaired) electrons. The Bertz CT molecular complexity index is 6100. The second kappa shape index (κ2) is 28.4. The van der Waals surface area contributed by atoms with E-state index in [0.717, 1.165) is 39.5 Å². The van der Waals surface area contributed by atoms with Crippen LogP contribution in [0.5, 0.6) is 11.5 Å². The van der Waals surface area contributed by atoms with Gasteiger partial charge in [0.2, 0.25) is 0 Å². The Kier molecular flexibility index (Phi) is 18.3. The highest BCUT2D eigenvalue weighted by atomic mass is 127. The van der Waals surface area contributed by atoms with Gasteiger partial charge in [-0.3, -0.25) is 0 Å². The maximum atomic E-state index is 6.42. The van der Waals surface area contributed by atoms with Gasteiger partial charge in [-0.05, 0) is 164 Å². The second-order valence-corrected chi connectivity index (χ2v) is 36.5. The fourth-order valence-electron chi connectivity index (χ4n) is 17.2. The molecule has 0 saturated carbocycles.